The highest BCUT2D eigenvalue weighted by Crippen LogP contribution is 2.21. The van der Waals surface area contributed by atoms with E-state index < -0.39 is 0 Å². The van der Waals surface area contributed by atoms with E-state index in [1.165, 1.54) is 6.07 Å². The van der Waals surface area contributed by atoms with Crippen molar-refractivity contribution in [3.05, 3.63) is 93.6 Å². The van der Waals surface area contributed by atoms with E-state index >= 15 is 0 Å². The van der Waals surface area contributed by atoms with Crippen LogP contribution in [0, 0.1) is 5.82 Å². The highest BCUT2D eigenvalue weighted by molar-refractivity contribution is 9.10. The van der Waals surface area contributed by atoms with Gasteiger partial charge in [-0.3, -0.25) is 9.69 Å². The van der Waals surface area contributed by atoms with Gasteiger partial charge in [0.2, 0.25) is 0 Å². The van der Waals surface area contributed by atoms with Gasteiger partial charge >= 0.3 is 0 Å². The average molecular weight is 457 g/mol. The fraction of sp³-hybridized carbons (Fsp3) is 0.261. The highest BCUT2D eigenvalue weighted by Gasteiger charge is 2.23. The van der Waals surface area contributed by atoms with Crippen LogP contribution in [0.1, 0.15) is 40.1 Å². The minimum absolute atomic E-state index is 0.0114. The highest BCUT2D eigenvalue weighted by atomic mass is 79.9. The van der Waals surface area contributed by atoms with E-state index in [4.69, 9.17) is 4.42 Å². The monoisotopic (exact) mass is 456 g/mol. The summed E-state index contributed by atoms with van der Waals surface area (Å²) in [6, 6.07) is 16.9. The number of carbonyl (C=O) groups excluding carboxylic acids is 1. The van der Waals surface area contributed by atoms with E-state index in [0.29, 0.717) is 35.7 Å². The zero-order valence-corrected chi connectivity index (χ0v) is 17.5. The molecule has 0 atom stereocenters. The van der Waals surface area contributed by atoms with E-state index in [2.05, 4.69) is 26.1 Å². The van der Waals surface area contributed by atoms with Crippen molar-refractivity contribution in [3.8, 4) is 0 Å². The van der Waals surface area contributed by atoms with Crippen molar-refractivity contribution in [2.24, 2.45) is 0 Å². The van der Waals surface area contributed by atoms with Crippen molar-refractivity contribution in [2.45, 2.75) is 38.5 Å². The van der Waals surface area contributed by atoms with Gasteiger partial charge in [0.25, 0.3) is 5.91 Å². The quantitative estimate of drug-likeness (QED) is 0.501. The molecule has 0 saturated heterocycles. The third-order valence-corrected chi connectivity index (χ3v) is 5.49. The first-order chi connectivity index (χ1) is 14.1. The van der Waals surface area contributed by atoms with Crippen LogP contribution in [0.3, 0.4) is 0 Å². The summed E-state index contributed by atoms with van der Waals surface area (Å²) in [6.07, 6.45) is 3.81. The van der Waals surface area contributed by atoms with Gasteiger partial charge in [0.15, 0.2) is 0 Å². The number of nitrogens with zero attached hydrogens (tertiary/aromatic N) is 1. The Morgan fingerprint density at radius 2 is 1.79 bits per heavy atom. The first-order valence-electron chi connectivity index (χ1n) is 9.65. The van der Waals surface area contributed by atoms with Gasteiger partial charge in [0.05, 0.1) is 17.3 Å². The number of benzene rings is 2. The van der Waals surface area contributed by atoms with Crippen molar-refractivity contribution in [1.82, 2.24) is 10.2 Å². The van der Waals surface area contributed by atoms with Crippen LogP contribution in [0.15, 0.2) is 69.8 Å². The standard InChI is InChI=1S/C23H22BrFN2O2/c24-21-12-17(5-10-22(21)25)14-27(15-20-2-1-11-29-20)13-16-3-6-18(7-4-16)23(28)26-19-8-9-19/h1-7,10-12,19H,8-9,13-15H2,(H,26,28). The van der Waals surface area contributed by atoms with Crippen LogP contribution in [0.25, 0.3) is 0 Å². The fourth-order valence-electron chi connectivity index (χ4n) is 3.20. The molecule has 0 unspecified atom stereocenters. The number of amides is 1. The third-order valence-electron chi connectivity index (χ3n) is 4.88. The Balaban J connectivity index is 1.46. The molecular formula is C23H22BrFN2O2. The van der Waals surface area contributed by atoms with E-state index in [-0.39, 0.29) is 11.7 Å². The molecule has 4 rings (SSSR count). The molecule has 1 aliphatic rings. The third kappa shape index (κ3) is 5.55. The molecule has 1 heterocycles. The first-order valence-corrected chi connectivity index (χ1v) is 10.4. The lowest BCUT2D eigenvalue weighted by Gasteiger charge is -2.22. The minimum atomic E-state index is -0.272. The second-order valence-electron chi connectivity index (χ2n) is 7.42. The lowest BCUT2D eigenvalue weighted by molar-refractivity contribution is 0.0951. The van der Waals surface area contributed by atoms with Crippen LogP contribution in [-0.4, -0.2) is 16.8 Å². The van der Waals surface area contributed by atoms with Crippen molar-refractivity contribution >= 4 is 21.8 Å². The van der Waals surface area contributed by atoms with Gasteiger partial charge in [-0.25, -0.2) is 4.39 Å². The van der Waals surface area contributed by atoms with E-state index in [9.17, 15) is 9.18 Å². The number of nitrogens with one attached hydrogen (secondary N) is 1. The molecule has 0 radical (unpaired) electrons. The molecule has 1 aromatic heterocycles. The van der Waals surface area contributed by atoms with Crippen LogP contribution < -0.4 is 5.32 Å². The zero-order valence-electron chi connectivity index (χ0n) is 15.9. The summed E-state index contributed by atoms with van der Waals surface area (Å²) in [5, 5.41) is 3.01. The largest absolute Gasteiger partial charge is 0.468 e. The second kappa shape index (κ2) is 8.93. The first kappa shape index (κ1) is 19.9. The maximum Gasteiger partial charge on any atom is 0.251 e. The molecule has 1 aliphatic carbocycles. The SMILES string of the molecule is O=C(NC1CC1)c1ccc(CN(Cc2ccc(F)c(Br)c2)Cc2ccco2)cc1. The molecule has 6 heteroatoms. The van der Waals surface area contributed by atoms with Crippen LogP contribution in [0.2, 0.25) is 0 Å². The summed E-state index contributed by atoms with van der Waals surface area (Å²) in [4.78, 5) is 14.4. The Hall–Kier alpha value is -2.44. The van der Waals surface area contributed by atoms with E-state index in [1.54, 1.807) is 18.4 Å². The maximum atomic E-state index is 13.6. The van der Waals surface area contributed by atoms with Gasteiger partial charge in [-0.15, -0.1) is 0 Å². The zero-order chi connectivity index (χ0) is 20.2. The Bertz CT molecular complexity index is 969. The average Bonchev–Trinajstić information content (AvgIpc) is 3.37. The van der Waals surface area contributed by atoms with Gasteiger partial charge in [-0.1, -0.05) is 18.2 Å². The number of halogens is 2. The van der Waals surface area contributed by atoms with Gasteiger partial charge in [-0.2, -0.15) is 0 Å². The molecule has 1 saturated carbocycles. The molecule has 1 fully saturated rings. The predicted molar refractivity (Wildman–Crippen MR) is 113 cm³/mol. The Labute approximate surface area is 177 Å². The summed E-state index contributed by atoms with van der Waals surface area (Å²) < 4.78 is 19.5. The smallest absolute Gasteiger partial charge is 0.251 e. The van der Waals surface area contributed by atoms with Crippen molar-refractivity contribution in [2.75, 3.05) is 0 Å². The Kier molecular flexibility index (Phi) is 6.11. The minimum Gasteiger partial charge on any atom is -0.468 e. The van der Waals surface area contributed by atoms with Crippen LogP contribution in [-0.2, 0) is 19.6 Å². The van der Waals surface area contributed by atoms with Gasteiger partial charge in [-0.05, 0) is 76.3 Å². The van der Waals surface area contributed by atoms with Gasteiger partial charge < -0.3 is 9.73 Å². The van der Waals surface area contributed by atoms with Crippen molar-refractivity contribution < 1.29 is 13.6 Å². The van der Waals surface area contributed by atoms with Crippen LogP contribution in [0.5, 0.6) is 0 Å². The molecule has 3 aromatic rings. The topological polar surface area (TPSA) is 45.5 Å². The molecule has 0 spiro atoms. The lowest BCUT2D eigenvalue weighted by atomic mass is 10.1. The molecule has 4 nitrogen and oxygen atoms in total. The molecule has 150 valence electrons. The fourth-order valence-corrected chi connectivity index (χ4v) is 3.63. The van der Waals surface area contributed by atoms with Gasteiger partial charge in [0.1, 0.15) is 11.6 Å². The second-order valence-corrected chi connectivity index (χ2v) is 8.27. The summed E-state index contributed by atoms with van der Waals surface area (Å²) >= 11 is 3.26. The number of hydrogen-bond donors (Lipinski definition) is 1. The van der Waals surface area contributed by atoms with Gasteiger partial charge in [0, 0.05) is 24.7 Å². The van der Waals surface area contributed by atoms with Crippen molar-refractivity contribution in [1.29, 1.82) is 0 Å². The maximum absolute atomic E-state index is 13.6. The Morgan fingerprint density at radius 3 is 2.45 bits per heavy atom. The van der Waals surface area contributed by atoms with Crippen LogP contribution in [0.4, 0.5) is 4.39 Å². The molecule has 0 bridgehead atoms. The normalized spacial score (nSPS) is 13.6. The molecule has 1 amide bonds. The molecule has 29 heavy (non-hydrogen) atoms. The molecule has 0 aliphatic heterocycles. The number of furan rings is 1. The van der Waals surface area contributed by atoms with E-state index in [0.717, 1.165) is 29.7 Å². The lowest BCUT2D eigenvalue weighted by Crippen LogP contribution is -2.25. The Morgan fingerprint density at radius 1 is 1.07 bits per heavy atom. The number of rotatable bonds is 8. The number of hydrogen-bond acceptors (Lipinski definition) is 3. The predicted octanol–water partition coefficient (Wildman–Crippen LogP) is 5.28. The van der Waals surface area contributed by atoms with E-state index in [1.807, 2.05) is 36.4 Å². The number of carbonyl (C=O) groups is 1. The summed E-state index contributed by atoms with van der Waals surface area (Å²) in [5.74, 6) is 0.584. The summed E-state index contributed by atoms with van der Waals surface area (Å²) in [6.45, 7) is 1.95. The summed E-state index contributed by atoms with van der Waals surface area (Å²) in [7, 11) is 0. The molecule has 2 aromatic carbocycles. The molecular weight excluding hydrogens is 435 g/mol. The van der Waals surface area contributed by atoms with Crippen LogP contribution >= 0.6 is 15.9 Å². The van der Waals surface area contributed by atoms with Crippen molar-refractivity contribution in [3.63, 3.8) is 0 Å². The molecule has 1 N–H and O–H groups in total. The summed E-state index contributed by atoms with van der Waals surface area (Å²) in [5.41, 5.74) is 2.78.